The van der Waals surface area contributed by atoms with Crippen LogP contribution in [0.3, 0.4) is 0 Å². The minimum atomic E-state index is 0.775. The van der Waals surface area contributed by atoms with Crippen LogP contribution in [0.25, 0.3) is 16.9 Å². The van der Waals surface area contributed by atoms with Crippen molar-refractivity contribution >= 4 is 16.9 Å². The molecular formula is C17H18N6. The van der Waals surface area contributed by atoms with Crippen LogP contribution in [0, 0.1) is 6.92 Å². The number of nitrogens with zero attached hydrogens (tertiary/aromatic N) is 5. The number of aromatic nitrogens is 5. The molecule has 116 valence electrons. The van der Waals surface area contributed by atoms with Gasteiger partial charge in [0.15, 0.2) is 5.65 Å². The Hall–Kier alpha value is -2.73. The summed E-state index contributed by atoms with van der Waals surface area (Å²) in [4.78, 5) is 18.6. The molecule has 6 heteroatoms. The number of aryl methyl sites for hydroxylation is 1. The summed E-state index contributed by atoms with van der Waals surface area (Å²) < 4.78 is 2.17. The van der Waals surface area contributed by atoms with Gasteiger partial charge < -0.3 is 4.98 Å². The van der Waals surface area contributed by atoms with E-state index in [1.165, 1.54) is 11.3 Å². The maximum atomic E-state index is 4.56. The highest BCUT2D eigenvalue weighted by Gasteiger charge is 2.15. The average molecular weight is 306 g/mol. The molecule has 0 saturated heterocycles. The van der Waals surface area contributed by atoms with Crippen molar-refractivity contribution in [2.24, 2.45) is 0 Å². The Morgan fingerprint density at radius 3 is 2.78 bits per heavy atom. The summed E-state index contributed by atoms with van der Waals surface area (Å²) >= 11 is 0. The van der Waals surface area contributed by atoms with Gasteiger partial charge in [-0.1, -0.05) is 0 Å². The second kappa shape index (κ2) is 5.48. The van der Waals surface area contributed by atoms with E-state index in [9.17, 15) is 0 Å². The lowest BCUT2D eigenvalue weighted by atomic mass is 10.2. The molecular weight excluding hydrogens is 288 g/mol. The number of pyridine rings is 2. The number of H-pyrrole nitrogens is 1. The quantitative estimate of drug-likeness (QED) is 0.629. The van der Waals surface area contributed by atoms with Crippen molar-refractivity contribution in [3.05, 3.63) is 59.8 Å². The first-order valence-corrected chi connectivity index (χ1v) is 7.60. The Balaban J connectivity index is 1.69. The van der Waals surface area contributed by atoms with Gasteiger partial charge in [0.1, 0.15) is 0 Å². The molecule has 0 bridgehead atoms. The monoisotopic (exact) mass is 306 g/mol. The molecule has 0 fully saturated rings. The molecule has 0 aliphatic carbocycles. The van der Waals surface area contributed by atoms with Crippen LogP contribution in [0.15, 0.2) is 42.9 Å². The van der Waals surface area contributed by atoms with Gasteiger partial charge in [0, 0.05) is 37.4 Å². The first-order valence-electron chi connectivity index (χ1n) is 7.60. The van der Waals surface area contributed by atoms with Gasteiger partial charge in [0.2, 0.25) is 5.78 Å². The lowest BCUT2D eigenvalue weighted by Gasteiger charge is -2.17. The van der Waals surface area contributed by atoms with Gasteiger partial charge in [0.25, 0.3) is 0 Å². The molecule has 4 rings (SSSR count). The maximum absolute atomic E-state index is 4.56. The Labute approximate surface area is 133 Å². The summed E-state index contributed by atoms with van der Waals surface area (Å²) in [6.07, 6.45) is 5.44. The van der Waals surface area contributed by atoms with Crippen molar-refractivity contribution in [1.29, 1.82) is 0 Å². The SMILES string of the molecule is Cc1[nH]c2nc3ncccc3n2c1CN(C)Cc1ccncc1. The lowest BCUT2D eigenvalue weighted by Crippen LogP contribution is -2.18. The zero-order valence-electron chi connectivity index (χ0n) is 13.2. The van der Waals surface area contributed by atoms with E-state index in [0.717, 1.165) is 35.7 Å². The normalized spacial score (nSPS) is 11.8. The van der Waals surface area contributed by atoms with Crippen molar-refractivity contribution in [3.63, 3.8) is 0 Å². The van der Waals surface area contributed by atoms with E-state index >= 15 is 0 Å². The van der Waals surface area contributed by atoms with E-state index in [1.54, 1.807) is 6.20 Å². The van der Waals surface area contributed by atoms with Crippen LogP contribution in [-0.4, -0.2) is 36.3 Å². The lowest BCUT2D eigenvalue weighted by molar-refractivity contribution is 0.314. The second-order valence-electron chi connectivity index (χ2n) is 5.84. The topological polar surface area (TPSA) is 62.1 Å². The van der Waals surface area contributed by atoms with Crippen molar-refractivity contribution in [2.75, 3.05) is 7.05 Å². The van der Waals surface area contributed by atoms with Crippen molar-refractivity contribution in [3.8, 4) is 0 Å². The summed E-state index contributed by atoms with van der Waals surface area (Å²) in [5, 5.41) is 0. The summed E-state index contributed by atoms with van der Waals surface area (Å²) in [6, 6.07) is 8.10. The van der Waals surface area contributed by atoms with Crippen LogP contribution in [0.5, 0.6) is 0 Å². The largest absolute Gasteiger partial charge is 0.327 e. The number of hydrogen-bond donors (Lipinski definition) is 1. The molecule has 0 spiro atoms. The first-order chi connectivity index (χ1) is 11.2. The summed E-state index contributed by atoms with van der Waals surface area (Å²) in [6.45, 7) is 3.79. The van der Waals surface area contributed by atoms with Crippen LogP contribution in [0.2, 0.25) is 0 Å². The fourth-order valence-electron chi connectivity index (χ4n) is 2.98. The zero-order valence-corrected chi connectivity index (χ0v) is 13.2. The predicted molar refractivity (Wildman–Crippen MR) is 89.0 cm³/mol. The van der Waals surface area contributed by atoms with Crippen LogP contribution < -0.4 is 0 Å². The zero-order chi connectivity index (χ0) is 15.8. The van der Waals surface area contributed by atoms with Crippen LogP contribution in [0.1, 0.15) is 17.0 Å². The van der Waals surface area contributed by atoms with Crippen molar-refractivity contribution in [1.82, 2.24) is 29.2 Å². The number of nitrogens with one attached hydrogen (secondary N) is 1. The third kappa shape index (κ3) is 2.47. The van der Waals surface area contributed by atoms with Crippen LogP contribution in [0.4, 0.5) is 0 Å². The Kier molecular flexibility index (Phi) is 3.31. The number of rotatable bonds is 4. The number of hydrogen-bond acceptors (Lipinski definition) is 4. The van der Waals surface area contributed by atoms with Gasteiger partial charge in [0.05, 0.1) is 11.2 Å². The molecule has 0 aliphatic rings. The van der Waals surface area contributed by atoms with Crippen LogP contribution >= 0.6 is 0 Å². The van der Waals surface area contributed by atoms with E-state index in [0.29, 0.717) is 0 Å². The smallest absolute Gasteiger partial charge is 0.214 e. The molecule has 0 radical (unpaired) electrons. The van der Waals surface area contributed by atoms with Crippen molar-refractivity contribution in [2.45, 2.75) is 20.0 Å². The molecule has 4 aromatic rings. The number of imidazole rings is 2. The van der Waals surface area contributed by atoms with Gasteiger partial charge in [-0.3, -0.25) is 14.3 Å². The van der Waals surface area contributed by atoms with Gasteiger partial charge in [-0.15, -0.1) is 0 Å². The molecule has 0 aliphatic heterocycles. The van der Waals surface area contributed by atoms with E-state index in [-0.39, 0.29) is 0 Å². The van der Waals surface area contributed by atoms with Gasteiger partial charge in [-0.05, 0) is 43.8 Å². The highest BCUT2D eigenvalue weighted by molar-refractivity contribution is 5.76. The molecule has 0 amide bonds. The molecule has 23 heavy (non-hydrogen) atoms. The molecule has 0 unspecified atom stereocenters. The molecule has 0 atom stereocenters. The molecule has 0 aromatic carbocycles. The first kappa shape index (κ1) is 13.9. The third-order valence-corrected chi connectivity index (χ3v) is 4.05. The summed E-state index contributed by atoms with van der Waals surface area (Å²) in [5.41, 5.74) is 5.42. The molecule has 1 N–H and O–H groups in total. The van der Waals surface area contributed by atoms with Gasteiger partial charge >= 0.3 is 0 Å². The predicted octanol–water partition coefficient (Wildman–Crippen LogP) is 2.55. The summed E-state index contributed by atoms with van der Waals surface area (Å²) in [7, 11) is 2.12. The number of fused-ring (bicyclic) bond motifs is 3. The highest BCUT2D eigenvalue weighted by atomic mass is 15.2. The second-order valence-corrected chi connectivity index (χ2v) is 5.84. The molecule has 0 saturated carbocycles. The molecule has 4 aromatic heterocycles. The molecule has 6 nitrogen and oxygen atoms in total. The Morgan fingerprint density at radius 1 is 1.13 bits per heavy atom. The standard InChI is InChI=1S/C17H18N6/c1-12-15(11-22(2)10-13-5-8-18-9-6-13)23-14-4-3-7-19-16(14)21-17(23)20-12/h3-9H,10-11H2,1-2H3,(H,19,20,21). The van der Waals surface area contributed by atoms with Crippen LogP contribution in [-0.2, 0) is 13.1 Å². The van der Waals surface area contributed by atoms with Gasteiger partial charge in [-0.25, -0.2) is 4.98 Å². The maximum Gasteiger partial charge on any atom is 0.214 e. The van der Waals surface area contributed by atoms with E-state index in [2.05, 4.69) is 49.3 Å². The fourth-order valence-corrected chi connectivity index (χ4v) is 2.98. The Morgan fingerprint density at radius 2 is 1.96 bits per heavy atom. The minimum absolute atomic E-state index is 0.775. The van der Waals surface area contributed by atoms with E-state index in [1.807, 2.05) is 30.6 Å². The molecule has 4 heterocycles. The average Bonchev–Trinajstić information content (AvgIpc) is 3.04. The van der Waals surface area contributed by atoms with E-state index < -0.39 is 0 Å². The minimum Gasteiger partial charge on any atom is -0.327 e. The number of aromatic amines is 1. The van der Waals surface area contributed by atoms with Gasteiger partial charge in [-0.2, -0.15) is 4.98 Å². The van der Waals surface area contributed by atoms with E-state index in [4.69, 9.17) is 0 Å². The Bertz CT molecular complexity index is 953. The highest BCUT2D eigenvalue weighted by Crippen LogP contribution is 2.20. The van der Waals surface area contributed by atoms with Crippen molar-refractivity contribution < 1.29 is 0 Å². The third-order valence-electron chi connectivity index (χ3n) is 4.05. The summed E-state index contributed by atoms with van der Waals surface area (Å²) in [5.74, 6) is 0.850. The fraction of sp³-hybridized carbons (Fsp3) is 0.235.